The molecule has 12 rings (SSSR count). The van der Waals surface area contributed by atoms with E-state index in [0.717, 1.165) is 38.6 Å². The number of hydrogen-bond acceptors (Lipinski definition) is 4. The van der Waals surface area contributed by atoms with Gasteiger partial charge in [-0.05, 0) is 64.0 Å². The lowest BCUT2D eigenvalue weighted by molar-refractivity contribution is 1.02. The molecule has 0 atom stereocenters. The Kier molecular flexibility index (Phi) is 6.50. The number of fused-ring (bicyclic) bond motifs is 10. The highest BCUT2D eigenvalue weighted by Crippen LogP contribution is 2.51. The summed E-state index contributed by atoms with van der Waals surface area (Å²) in [5.41, 5.74) is 8.67. The SMILES string of the molecule is c1ccc(-c2nc(-c3ccc4ccc5ccccc5c4c3)nc(-c3cccc4c3Sc3cccc5c6c7ccccc7n(-c7ccccc7)c6n-4c35)n2)cc1. The lowest BCUT2D eigenvalue weighted by Crippen LogP contribution is -2.07. The first-order valence-electron chi connectivity index (χ1n) is 18.5. The molecular formula is C49H29N5S. The third-order valence-corrected chi connectivity index (χ3v) is 12.1. The maximum atomic E-state index is 5.30. The summed E-state index contributed by atoms with van der Waals surface area (Å²) < 4.78 is 4.88. The molecule has 5 nitrogen and oxygen atoms in total. The number of aromatic nitrogens is 5. The molecular weight excluding hydrogens is 691 g/mol. The summed E-state index contributed by atoms with van der Waals surface area (Å²) in [4.78, 5) is 18.0. The maximum absolute atomic E-state index is 5.30. The lowest BCUT2D eigenvalue weighted by Gasteiger charge is -2.23. The minimum Gasteiger partial charge on any atom is -0.295 e. The van der Waals surface area contributed by atoms with Crippen LogP contribution in [0.4, 0.5) is 0 Å². The largest absolute Gasteiger partial charge is 0.295 e. The molecule has 0 radical (unpaired) electrons. The molecule has 0 N–H and O–H groups in total. The van der Waals surface area contributed by atoms with Gasteiger partial charge in [0, 0.05) is 48.3 Å². The second kappa shape index (κ2) is 11.7. The highest BCUT2D eigenvalue weighted by Gasteiger charge is 2.30. The van der Waals surface area contributed by atoms with Crippen molar-refractivity contribution in [1.29, 1.82) is 0 Å². The Morgan fingerprint density at radius 3 is 1.95 bits per heavy atom. The van der Waals surface area contributed by atoms with Gasteiger partial charge in [-0.15, -0.1) is 0 Å². The van der Waals surface area contributed by atoms with Crippen molar-refractivity contribution in [3.8, 4) is 45.5 Å². The predicted molar refractivity (Wildman–Crippen MR) is 226 cm³/mol. The average Bonchev–Trinajstić information content (AvgIpc) is 3.78. The predicted octanol–water partition coefficient (Wildman–Crippen LogP) is 12.7. The number of hydrogen-bond donors (Lipinski definition) is 0. The third-order valence-electron chi connectivity index (χ3n) is 10.9. The van der Waals surface area contributed by atoms with Gasteiger partial charge in [-0.25, -0.2) is 15.0 Å². The minimum absolute atomic E-state index is 0.646. The van der Waals surface area contributed by atoms with Crippen LogP contribution in [0.25, 0.3) is 99.9 Å². The van der Waals surface area contributed by atoms with Gasteiger partial charge in [0.15, 0.2) is 17.5 Å². The summed E-state index contributed by atoms with van der Waals surface area (Å²) in [7, 11) is 0. The Morgan fingerprint density at radius 1 is 0.436 bits per heavy atom. The number of para-hydroxylation sites is 3. The first-order chi connectivity index (χ1) is 27.3. The second-order valence-corrected chi connectivity index (χ2v) is 15.1. The quantitative estimate of drug-likeness (QED) is 0.170. The molecule has 3 aromatic heterocycles. The van der Waals surface area contributed by atoms with E-state index in [4.69, 9.17) is 15.0 Å². The smallest absolute Gasteiger partial charge is 0.165 e. The van der Waals surface area contributed by atoms with E-state index in [1.165, 1.54) is 53.6 Å². The monoisotopic (exact) mass is 719 g/mol. The molecule has 256 valence electrons. The topological polar surface area (TPSA) is 48.5 Å². The van der Waals surface area contributed by atoms with Gasteiger partial charge in [0.05, 0.1) is 16.7 Å². The molecule has 8 aromatic carbocycles. The van der Waals surface area contributed by atoms with E-state index in [1.807, 2.05) is 18.2 Å². The third kappa shape index (κ3) is 4.52. The van der Waals surface area contributed by atoms with Crippen LogP contribution in [0.3, 0.4) is 0 Å². The van der Waals surface area contributed by atoms with E-state index in [-0.39, 0.29) is 0 Å². The molecule has 1 aliphatic rings. The molecule has 0 saturated carbocycles. The van der Waals surface area contributed by atoms with Crippen LogP contribution < -0.4 is 0 Å². The van der Waals surface area contributed by atoms with Crippen LogP contribution in [0.1, 0.15) is 0 Å². The molecule has 0 amide bonds. The van der Waals surface area contributed by atoms with Gasteiger partial charge in [-0.2, -0.15) is 0 Å². The molecule has 0 unspecified atom stereocenters. The van der Waals surface area contributed by atoms with Gasteiger partial charge in [-0.3, -0.25) is 9.13 Å². The van der Waals surface area contributed by atoms with Gasteiger partial charge in [0.2, 0.25) is 0 Å². The van der Waals surface area contributed by atoms with Crippen molar-refractivity contribution in [2.45, 2.75) is 9.79 Å². The van der Waals surface area contributed by atoms with E-state index in [1.54, 1.807) is 11.8 Å². The Hall–Kier alpha value is -7.02. The first-order valence-corrected chi connectivity index (χ1v) is 19.3. The highest BCUT2D eigenvalue weighted by atomic mass is 32.2. The summed E-state index contributed by atoms with van der Waals surface area (Å²) in [6.45, 7) is 0. The van der Waals surface area contributed by atoms with Crippen LogP contribution in [-0.2, 0) is 0 Å². The van der Waals surface area contributed by atoms with Gasteiger partial charge in [0.1, 0.15) is 5.65 Å². The highest BCUT2D eigenvalue weighted by molar-refractivity contribution is 8.00. The summed E-state index contributed by atoms with van der Waals surface area (Å²) >= 11 is 1.80. The van der Waals surface area contributed by atoms with Gasteiger partial charge in [-0.1, -0.05) is 145 Å². The fourth-order valence-corrected chi connectivity index (χ4v) is 9.69. The first kappa shape index (κ1) is 30.4. The second-order valence-electron chi connectivity index (χ2n) is 14.0. The van der Waals surface area contributed by atoms with E-state index in [0.29, 0.717) is 17.5 Å². The normalized spacial score (nSPS) is 12.3. The Labute approximate surface area is 320 Å². The summed E-state index contributed by atoms with van der Waals surface area (Å²) in [6, 6.07) is 62.4. The number of rotatable bonds is 4. The van der Waals surface area contributed by atoms with Crippen molar-refractivity contribution in [3.63, 3.8) is 0 Å². The van der Waals surface area contributed by atoms with E-state index < -0.39 is 0 Å². The van der Waals surface area contributed by atoms with Crippen LogP contribution in [0.2, 0.25) is 0 Å². The van der Waals surface area contributed by atoms with Gasteiger partial charge in [0.25, 0.3) is 0 Å². The van der Waals surface area contributed by atoms with Crippen molar-refractivity contribution in [1.82, 2.24) is 24.1 Å². The Bertz CT molecular complexity index is 3350. The molecule has 1 aliphatic heterocycles. The fourth-order valence-electron chi connectivity index (χ4n) is 8.50. The van der Waals surface area contributed by atoms with Crippen LogP contribution in [0, 0.1) is 0 Å². The summed E-state index contributed by atoms with van der Waals surface area (Å²) in [5, 5.41) is 8.53. The van der Waals surface area contributed by atoms with Crippen molar-refractivity contribution >= 4 is 66.1 Å². The zero-order valence-electron chi connectivity index (χ0n) is 29.4. The molecule has 4 heterocycles. The van der Waals surface area contributed by atoms with Crippen molar-refractivity contribution in [2.24, 2.45) is 0 Å². The maximum Gasteiger partial charge on any atom is 0.165 e. The Morgan fingerprint density at radius 2 is 1.09 bits per heavy atom. The lowest BCUT2D eigenvalue weighted by atomic mass is 10.00. The average molecular weight is 720 g/mol. The molecule has 11 aromatic rings. The molecule has 0 fully saturated rings. The molecule has 0 aliphatic carbocycles. The van der Waals surface area contributed by atoms with Crippen molar-refractivity contribution < 1.29 is 0 Å². The summed E-state index contributed by atoms with van der Waals surface area (Å²) in [5.74, 6) is 1.94. The molecule has 0 bridgehead atoms. The van der Waals surface area contributed by atoms with E-state index in [2.05, 4.69) is 167 Å². The molecule has 6 heteroatoms. The zero-order chi connectivity index (χ0) is 36.0. The number of nitrogens with zero attached hydrogens (tertiary/aromatic N) is 5. The van der Waals surface area contributed by atoms with Crippen molar-refractivity contribution in [3.05, 3.63) is 176 Å². The van der Waals surface area contributed by atoms with Gasteiger partial charge >= 0.3 is 0 Å². The van der Waals surface area contributed by atoms with Gasteiger partial charge < -0.3 is 0 Å². The van der Waals surface area contributed by atoms with Crippen LogP contribution in [-0.4, -0.2) is 24.1 Å². The molecule has 0 spiro atoms. The molecule has 55 heavy (non-hydrogen) atoms. The van der Waals surface area contributed by atoms with Crippen LogP contribution >= 0.6 is 11.8 Å². The standard InChI is InChI=1S/C49H29N5S/c1-3-14-32(15-4-1)46-50-47(33-28-27-31-26-25-30-13-7-8-18-35(30)39(31)29-33)52-48(51-46)38-21-11-23-41-45(38)55-42-24-12-20-37-43-36-19-9-10-22-40(36)53(34-16-5-2-6-17-34)49(43)54(41)44(37)42/h1-29H. The Balaban J connectivity index is 1.13. The number of benzene rings is 8. The fraction of sp³-hybridized carbons (Fsp3) is 0. The van der Waals surface area contributed by atoms with Crippen LogP contribution in [0.5, 0.6) is 0 Å². The molecule has 0 saturated heterocycles. The van der Waals surface area contributed by atoms with E-state index in [9.17, 15) is 0 Å². The van der Waals surface area contributed by atoms with Crippen LogP contribution in [0.15, 0.2) is 186 Å². The zero-order valence-corrected chi connectivity index (χ0v) is 30.2. The minimum atomic E-state index is 0.646. The summed E-state index contributed by atoms with van der Waals surface area (Å²) in [6.07, 6.45) is 0. The van der Waals surface area contributed by atoms with Crippen molar-refractivity contribution in [2.75, 3.05) is 0 Å². The van der Waals surface area contributed by atoms with E-state index >= 15 is 0 Å².